The number of nitrogens with zero attached hydrogens (tertiary/aromatic N) is 1. The summed E-state index contributed by atoms with van der Waals surface area (Å²) in [6, 6.07) is 0.682. The van der Waals surface area contributed by atoms with Crippen LogP contribution in [-0.2, 0) is 9.53 Å². The van der Waals surface area contributed by atoms with Gasteiger partial charge in [-0.3, -0.25) is 9.69 Å². The number of likely N-dealkylation sites (tertiary alicyclic amines) is 1. The van der Waals surface area contributed by atoms with Gasteiger partial charge in [-0.2, -0.15) is 0 Å². The number of hydrogen-bond acceptors (Lipinski definition) is 3. The quantitative estimate of drug-likeness (QED) is 0.719. The molecule has 3 nitrogen and oxygen atoms in total. The number of fused-ring (bicyclic) bond motifs is 2. The predicted octanol–water partition coefficient (Wildman–Crippen LogP) is 2.98. The van der Waals surface area contributed by atoms with Gasteiger partial charge < -0.3 is 4.74 Å². The number of rotatable bonds is 2. The van der Waals surface area contributed by atoms with Crippen LogP contribution in [-0.4, -0.2) is 36.1 Å². The summed E-state index contributed by atoms with van der Waals surface area (Å²) in [7, 11) is 0. The normalized spacial score (nSPS) is 39.8. The molecule has 0 aromatic heterocycles. The first-order valence-corrected chi connectivity index (χ1v) is 8.17. The Hall–Kier alpha value is -0.570. The molecule has 3 unspecified atom stereocenters. The third-order valence-electron chi connectivity index (χ3n) is 5.49. The topological polar surface area (TPSA) is 29.5 Å². The van der Waals surface area contributed by atoms with Crippen molar-refractivity contribution in [3.8, 4) is 0 Å². The van der Waals surface area contributed by atoms with Crippen LogP contribution in [0.5, 0.6) is 0 Å². The molecule has 2 aliphatic carbocycles. The Morgan fingerprint density at radius 2 is 1.79 bits per heavy atom. The largest absolute Gasteiger partial charge is 0.462 e. The maximum atomic E-state index is 11.4. The molecule has 0 aromatic carbocycles. The van der Waals surface area contributed by atoms with E-state index >= 15 is 0 Å². The molecule has 1 saturated heterocycles. The molecule has 1 heterocycles. The van der Waals surface area contributed by atoms with Gasteiger partial charge >= 0.3 is 5.97 Å². The van der Waals surface area contributed by atoms with Gasteiger partial charge in [0.05, 0.1) is 0 Å². The first-order valence-electron chi connectivity index (χ1n) is 8.17. The lowest BCUT2D eigenvalue weighted by Gasteiger charge is -2.50. The van der Waals surface area contributed by atoms with Crippen molar-refractivity contribution < 1.29 is 9.53 Å². The van der Waals surface area contributed by atoms with Crippen molar-refractivity contribution in [1.29, 1.82) is 0 Å². The fourth-order valence-electron chi connectivity index (χ4n) is 4.69. The zero-order chi connectivity index (χ0) is 13.2. The second kappa shape index (κ2) is 5.82. The van der Waals surface area contributed by atoms with Gasteiger partial charge in [0.25, 0.3) is 0 Å². The van der Waals surface area contributed by atoms with E-state index in [0.717, 1.165) is 0 Å². The van der Waals surface area contributed by atoms with Gasteiger partial charge in [0, 0.05) is 18.9 Å². The fraction of sp³-hybridized carbons (Fsp3) is 0.938. The summed E-state index contributed by atoms with van der Waals surface area (Å²) in [6.07, 6.45) is 10.8. The molecule has 4 atom stereocenters. The standard InChI is InChI=1S/C16H27NO2/c1-12(18)19-16-13-6-5-7-14(16)15(9-8-13)17-10-3-2-4-11-17/h13-16H,2-11H2,1H3/t13?,14?,15?,16-/m1/s1. The van der Waals surface area contributed by atoms with E-state index < -0.39 is 0 Å². The molecule has 0 spiro atoms. The minimum absolute atomic E-state index is 0.0822. The average molecular weight is 265 g/mol. The highest BCUT2D eigenvalue weighted by Crippen LogP contribution is 2.44. The van der Waals surface area contributed by atoms with E-state index in [9.17, 15) is 4.79 Å². The summed E-state index contributed by atoms with van der Waals surface area (Å²) in [4.78, 5) is 14.1. The molecule has 3 aliphatic rings. The molecule has 19 heavy (non-hydrogen) atoms. The monoisotopic (exact) mass is 265 g/mol. The lowest BCUT2D eigenvalue weighted by atomic mass is 9.67. The van der Waals surface area contributed by atoms with Crippen molar-refractivity contribution in [3.05, 3.63) is 0 Å². The van der Waals surface area contributed by atoms with E-state index in [1.807, 2.05) is 0 Å². The van der Waals surface area contributed by atoms with Crippen LogP contribution >= 0.6 is 0 Å². The Balaban J connectivity index is 1.72. The van der Waals surface area contributed by atoms with Gasteiger partial charge in [-0.05, 0) is 57.5 Å². The highest BCUT2D eigenvalue weighted by Gasteiger charge is 2.45. The summed E-state index contributed by atoms with van der Waals surface area (Å²) < 4.78 is 5.71. The second-order valence-electron chi connectivity index (χ2n) is 6.67. The van der Waals surface area contributed by atoms with Crippen LogP contribution in [0.25, 0.3) is 0 Å². The zero-order valence-electron chi connectivity index (χ0n) is 12.1. The molecule has 0 aromatic rings. The maximum absolute atomic E-state index is 11.4. The highest BCUT2D eigenvalue weighted by atomic mass is 16.5. The SMILES string of the molecule is CC(=O)O[C@@H]1C2CCCC1C(N1CCCCC1)CC2. The molecule has 0 N–H and O–H groups in total. The van der Waals surface area contributed by atoms with Crippen LogP contribution < -0.4 is 0 Å². The molecule has 0 amide bonds. The summed E-state index contributed by atoms with van der Waals surface area (Å²) in [5.41, 5.74) is 0. The van der Waals surface area contributed by atoms with E-state index in [2.05, 4.69) is 4.90 Å². The average Bonchev–Trinajstić information content (AvgIpc) is 2.39. The highest BCUT2D eigenvalue weighted by molar-refractivity contribution is 5.66. The van der Waals surface area contributed by atoms with Gasteiger partial charge in [0.15, 0.2) is 0 Å². The molecule has 3 fully saturated rings. The minimum Gasteiger partial charge on any atom is -0.462 e. The van der Waals surface area contributed by atoms with Crippen LogP contribution in [0.4, 0.5) is 0 Å². The van der Waals surface area contributed by atoms with Crippen LogP contribution in [0.15, 0.2) is 0 Å². The van der Waals surface area contributed by atoms with Crippen molar-refractivity contribution in [2.75, 3.05) is 13.1 Å². The predicted molar refractivity (Wildman–Crippen MR) is 74.8 cm³/mol. The van der Waals surface area contributed by atoms with Crippen molar-refractivity contribution in [3.63, 3.8) is 0 Å². The first kappa shape index (κ1) is 13.4. The maximum Gasteiger partial charge on any atom is 0.302 e. The van der Waals surface area contributed by atoms with Crippen molar-refractivity contribution in [2.24, 2.45) is 11.8 Å². The molecule has 3 rings (SSSR count). The lowest BCUT2D eigenvalue weighted by Crippen LogP contribution is -2.54. The van der Waals surface area contributed by atoms with Crippen LogP contribution in [0.2, 0.25) is 0 Å². The van der Waals surface area contributed by atoms with Crippen molar-refractivity contribution >= 4 is 5.97 Å². The third kappa shape index (κ3) is 2.81. The van der Waals surface area contributed by atoms with E-state index in [1.54, 1.807) is 6.92 Å². The number of ether oxygens (including phenoxy) is 1. The summed E-state index contributed by atoms with van der Waals surface area (Å²) in [5, 5.41) is 0. The van der Waals surface area contributed by atoms with Gasteiger partial charge in [0.2, 0.25) is 0 Å². The van der Waals surface area contributed by atoms with Crippen LogP contribution in [0.1, 0.15) is 58.3 Å². The van der Waals surface area contributed by atoms with Crippen molar-refractivity contribution in [1.82, 2.24) is 4.90 Å². The molecule has 2 bridgehead atoms. The number of esters is 1. The Morgan fingerprint density at radius 1 is 1.00 bits per heavy atom. The van der Waals surface area contributed by atoms with E-state index in [0.29, 0.717) is 17.9 Å². The Bertz CT molecular complexity index is 325. The lowest BCUT2D eigenvalue weighted by molar-refractivity contribution is -0.162. The summed E-state index contributed by atoms with van der Waals surface area (Å²) in [5.74, 6) is 1.17. The van der Waals surface area contributed by atoms with Gasteiger partial charge in [-0.15, -0.1) is 0 Å². The molecular formula is C16H27NO2. The Labute approximate surface area is 116 Å². The molecule has 0 radical (unpaired) electrons. The summed E-state index contributed by atoms with van der Waals surface area (Å²) in [6.45, 7) is 4.09. The Morgan fingerprint density at radius 3 is 2.53 bits per heavy atom. The molecule has 1 aliphatic heterocycles. The summed E-state index contributed by atoms with van der Waals surface area (Å²) >= 11 is 0. The van der Waals surface area contributed by atoms with Crippen molar-refractivity contribution in [2.45, 2.75) is 70.4 Å². The molecule has 108 valence electrons. The second-order valence-corrected chi connectivity index (χ2v) is 6.67. The molecule has 3 heteroatoms. The van der Waals surface area contributed by atoms with Gasteiger partial charge in [-0.25, -0.2) is 0 Å². The molecule has 2 saturated carbocycles. The van der Waals surface area contributed by atoms with Gasteiger partial charge in [-0.1, -0.05) is 12.8 Å². The number of carbonyl (C=O) groups excluding carboxylic acids is 1. The smallest absolute Gasteiger partial charge is 0.302 e. The van der Waals surface area contributed by atoms with Gasteiger partial charge in [0.1, 0.15) is 6.10 Å². The Kier molecular flexibility index (Phi) is 4.11. The first-order chi connectivity index (χ1) is 9.25. The van der Waals surface area contributed by atoms with Crippen LogP contribution in [0, 0.1) is 11.8 Å². The number of hydrogen-bond donors (Lipinski definition) is 0. The number of carbonyl (C=O) groups is 1. The van der Waals surface area contributed by atoms with E-state index in [4.69, 9.17) is 4.74 Å². The third-order valence-corrected chi connectivity index (χ3v) is 5.49. The van der Waals surface area contributed by atoms with E-state index in [1.165, 1.54) is 64.5 Å². The fourth-order valence-corrected chi connectivity index (χ4v) is 4.69. The number of piperidine rings is 1. The zero-order valence-corrected chi connectivity index (χ0v) is 12.1. The van der Waals surface area contributed by atoms with Crippen LogP contribution in [0.3, 0.4) is 0 Å². The molecular weight excluding hydrogens is 238 g/mol. The minimum atomic E-state index is -0.0822. The van der Waals surface area contributed by atoms with E-state index in [-0.39, 0.29) is 12.1 Å².